The van der Waals surface area contributed by atoms with E-state index in [-0.39, 0.29) is 10.6 Å². The molecule has 0 spiro atoms. The predicted molar refractivity (Wildman–Crippen MR) is 108 cm³/mol. The molecule has 1 aliphatic rings. The average molecular weight is 416 g/mol. The van der Waals surface area contributed by atoms with E-state index in [1.165, 1.54) is 35.7 Å². The van der Waals surface area contributed by atoms with Gasteiger partial charge in [-0.05, 0) is 49.2 Å². The molecule has 3 aromatic rings. The topological polar surface area (TPSA) is 79.5 Å². The van der Waals surface area contributed by atoms with Crippen molar-refractivity contribution >= 4 is 27.2 Å². The second-order valence-corrected chi connectivity index (χ2v) is 8.99. The van der Waals surface area contributed by atoms with Gasteiger partial charge in [-0.25, -0.2) is 12.8 Å². The van der Waals surface area contributed by atoms with Gasteiger partial charge in [0.1, 0.15) is 0 Å². The number of methoxy groups -OCH3 is 1. The van der Waals surface area contributed by atoms with E-state index in [4.69, 9.17) is 4.74 Å². The van der Waals surface area contributed by atoms with E-state index >= 15 is 0 Å². The second kappa shape index (κ2) is 7.61. The zero-order valence-corrected chi connectivity index (χ0v) is 16.8. The molecule has 1 aromatic heterocycles. The van der Waals surface area contributed by atoms with Crippen LogP contribution < -0.4 is 4.74 Å². The minimum Gasteiger partial charge on any atom is -0.494 e. The summed E-state index contributed by atoms with van der Waals surface area (Å²) in [4.78, 5) is 15.1. The van der Waals surface area contributed by atoms with E-state index in [1.54, 1.807) is 12.1 Å². The van der Waals surface area contributed by atoms with Crippen LogP contribution in [0.5, 0.6) is 5.75 Å². The van der Waals surface area contributed by atoms with Gasteiger partial charge in [-0.15, -0.1) is 0 Å². The van der Waals surface area contributed by atoms with E-state index in [0.717, 1.165) is 19.3 Å². The van der Waals surface area contributed by atoms with Gasteiger partial charge < -0.3 is 9.72 Å². The maximum Gasteiger partial charge on any atom is 0.243 e. The zero-order chi connectivity index (χ0) is 20.6. The number of halogens is 1. The Hall–Kier alpha value is -2.71. The first kappa shape index (κ1) is 19.6. The summed E-state index contributed by atoms with van der Waals surface area (Å²) >= 11 is 0. The third kappa shape index (κ3) is 3.42. The van der Waals surface area contributed by atoms with Crippen LogP contribution in [-0.2, 0) is 10.0 Å². The summed E-state index contributed by atoms with van der Waals surface area (Å²) in [7, 11) is -2.25. The highest BCUT2D eigenvalue weighted by molar-refractivity contribution is 7.89. The molecule has 1 saturated heterocycles. The highest BCUT2D eigenvalue weighted by atomic mass is 32.2. The van der Waals surface area contributed by atoms with Gasteiger partial charge in [0.2, 0.25) is 10.0 Å². The number of fused-ring (bicyclic) bond motifs is 1. The Morgan fingerprint density at radius 3 is 2.52 bits per heavy atom. The summed E-state index contributed by atoms with van der Waals surface area (Å²) < 4.78 is 46.5. The van der Waals surface area contributed by atoms with Crippen molar-refractivity contribution in [3.63, 3.8) is 0 Å². The number of aromatic nitrogens is 1. The van der Waals surface area contributed by atoms with Crippen LogP contribution in [0.15, 0.2) is 41.3 Å². The summed E-state index contributed by atoms with van der Waals surface area (Å²) in [5.41, 5.74) is 1.81. The number of sulfonamides is 1. The number of benzene rings is 2. The molecule has 0 amide bonds. The minimum atomic E-state index is -3.62. The van der Waals surface area contributed by atoms with Crippen molar-refractivity contribution in [1.29, 1.82) is 0 Å². The molecule has 29 heavy (non-hydrogen) atoms. The third-order valence-electron chi connectivity index (χ3n) is 5.32. The molecule has 0 radical (unpaired) electrons. The summed E-state index contributed by atoms with van der Waals surface area (Å²) in [6.07, 6.45) is 3.38. The molecule has 0 saturated carbocycles. The molecule has 1 fully saturated rings. The van der Waals surface area contributed by atoms with Crippen molar-refractivity contribution in [2.45, 2.75) is 24.2 Å². The van der Waals surface area contributed by atoms with Crippen LogP contribution in [-0.4, -0.2) is 44.2 Å². The molecule has 152 valence electrons. The lowest BCUT2D eigenvalue weighted by atomic mass is 10.1. The molecule has 2 aromatic carbocycles. The van der Waals surface area contributed by atoms with Crippen LogP contribution in [0.3, 0.4) is 0 Å². The molecular weight excluding hydrogens is 395 g/mol. The van der Waals surface area contributed by atoms with Crippen molar-refractivity contribution < 1.29 is 22.3 Å². The fraction of sp³-hybridized carbons (Fsp3) is 0.286. The molecule has 0 aliphatic carbocycles. The lowest BCUT2D eigenvalue weighted by Gasteiger charge is -2.25. The van der Waals surface area contributed by atoms with Crippen molar-refractivity contribution in [2.24, 2.45) is 0 Å². The maximum absolute atomic E-state index is 14.1. The fourth-order valence-corrected chi connectivity index (χ4v) is 5.32. The standard InChI is InChI=1S/C21H21FN2O4S/c1-28-20-8-5-14(11-18(20)22)21-17(13-25)16-12-15(6-7-19(16)23-21)29(26,27)24-9-3-2-4-10-24/h5-8,11-13,23H,2-4,9-10H2,1H3. The largest absolute Gasteiger partial charge is 0.494 e. The van der Waals surface area contributed by atoms with Gasteiger partial charge in [0.05, 0.1) is 17.7 Å². The van der Waals surface area contributed by atoms with E-state index in [0.29, 0.717) is 47.1 Å². The van der Waals surface area contributed by atoms with Gasteiger partial charge in [0, 0.05) is 35.1 Å². The third-order valence-corrected chi connectivity index (χ3v) is 7.22. The fourth-order valence-electron chi connectivity index (χ4n) is 3.78. The van der Waals surface area contributed by atoms with Crippen LogP contribution >= 0.6 is 0 Å². The van der Waals surface area contributed by atoms with E-state index < -0.39 is 15.8 Å². The number of piperidine rings is 1. The molecule has 0 atom stereocenters. The van der Waals surface area contributed by atoms with Gasteiger partial charge in [-0.1, -0.05) is 6.42 Å². The number of rotatable bonds is 5. The predicted octanol–water partition coefficient (Wildman–Crippen LogP) is 3.97. The Labute approximate surface area is 168 Å². The Kier molecular flexibility index (Phi) is 5.14. The monoisotopic (exact) mass is 416 g/mol. The summed E-state index contributed by atoms with van der Waals surface area (Å²) in [6, 6.07) is 9.10. The molecule has 0 unspecified atom stereocenters. The van der Waals surface area contributed by atoms with Gasteiger partial charge in [0.15, 0.2) is 17.9 Å². The van der Waals surface area contributed by atoms with Crippen molar-refractivity contribution in [1.82, 2.24) is 9.29 Å². The zero-order valence-electron chi connectivity index (χ0n) is 15.9. The Bertz CT molecular complexity index is 1180. The highest BCUT2D eigenvalue weighted by Crippen LogP contribution is 2.33. The normalized spacial score (nSPS) is 15.5. The lowest BCUT2D eigenvalue weighted by molar-refractivity contribution is 0.112. The Balaban J connectivity index is 1.82. The second-order valence-electron chi connectivity index (χ2n) is 7.05. The number of ether oxygens (including phenoxy) is 1. The van der Waals surface area contributed by atoms with Crippen molar-refractivity contribution in [3.05, 3.63) is 47.8 Å². The lowest BCUT2D eigenvalue weighted by Crippen LogP contribution is -2.35. The number of nitrogens with zero attached hydrogens (tertiary/aromatic N) is 1. The average Bonchev–Trinajstić information content (AvgIpc) is 3.12. The van der Waals surface area contributed by atoms with Crippen LogP contribution in [0.4, 0.5) is 4.39 Å². The number of H-pyrrole nitrogens is 1. The molecule has 4 rings (SSSR count). The van der Waals surface area contributed by atoms with Gasteiger partial charge in [-0.2, -0.15) is 4.31 Å². The summed E-state index contributed by atoms with van der Waals surface area (Å²) in [5.74, 6) is -0.443. The minimum absolute atomic E-state index is 0.104. The smallest absolute Gasteiger partial charge is 0.243 e. The first-order valence-electron chi connectivity index (χ1n) is 9.40. The van der Waals surface area contributed by atoms with Crippen LogP contribution in [0, 0.1) is 5.82 Å². The maximum atomic E-state index is 14.1. The number of nitrogens with one attached hydrogen (secondary N) is 1. The van der Waals surface area contributed by atoms with Crippen molar-refractivity contribution in [3.8, 4) is 17.0 Å². The molecule has 2 heterocycles. The first-order chi connectivity index (χ1) is 14.0. The van der Waals surface area contributed by atoms with Crippen molar-refractivity contribution in [2.75, 3.05) is 20.2 Å². The molecule has 0 bridgehead atoms. The quantitative estimate of drug-likeness (QED) is 0.639. The number of hydrogen-bond acceptors (Lipinski definition) is 4. The highest BCUT2D eigenvalue weighted by Gasteiger charge is 2.27. The molecule has 1 N–H and O–H groups in total. The van der Waals surface area contributed by atoms with Gasteiger partial charge >= 0.3 is 0 Å². The van der Waals surface area contributed by atoms with Gasteiger partial charge in [0.25, 0.3) is 0 Å². The number of aldehydes is 1. The van der Waals surface area contributed by atoms with E-state index in [2.05, 4.69) is 4.98 Å². The van der Waals surface area contributed by atoms with Crippen LogP contribution in [0.25, 0.3) is 22.2 Å². The summed E-state index contributed by atoms with van der Waals surface area (Å²) in [6.45, 7) is 1.01. The number of carbonyl (C=O) groups is 1. The van der Waals surface area contributed by atoms with Crippen LogP contribution in [0.1, 0.15) is 29.6 Å². The molecule has 1 aliphatic heterocycles. The Morgan fingerprint density at radius 1 is 1.10 bits per heavy atom. The van der Waals surface area contributed by atoms with E-state index in [9.17, 15) is 17.6 Å². The number of hydrogen-bond donors (Lipinski definition) is 1. The Morgan fingerprint density at radius 2 is 1.86 bits per heavy atom. The molecule has 6 nitrogen and oxygen atoms in total. The van der Waals surface area contributed by atoms with Gasteiger partial charge in [-0.3, -0.25) is 4.79 Å². The molecular formula is C21H21FN2O4S. The first-order valence-corrected chi connectivity index (χ1v) is 10.8. The number of aromatic amines is 1. The molecule has 8 heteroatoms. The summed E-state index contributed by atoms with van der Waals surface area (Å²) in [5, 5.41) is 0.490. The van der Waals surface area contributed by atoms with E-state index in [1.807, 2.05) is 0 Å². The SMILES string of the molecule is COc1ccc(-c2[nH]c3ccc(S(=O)(=O)N4CCCCC4)cc3c2C=O)cc1F. The number of carbonyl (C=O) groups excluding carboxylic acids is 1. The van der Waals surface area contributed by atoms with Crippen LogP contribution in [0.2, 0.25) is 0 Å².